The third kappa shape index (κ3) is 2.79. The van der Waals surface area contributed by atoms with Crippen LogP contribution in [0, 0.1) is 0 Å². The number of carbonyl (C=O) groups excluding carboxylic acids is 1. The summed E-state index contributed by atoms with van der Waals surface area (Å²) in [4.78, 5) is 16.9. The maximum atomic E-state index is 12.7. The van der Waals surface area contributed by atoms with E-state index in [2.05, 4.69) is 20.5 Å². The van der Waals surface area contributed by atoms with Gasteiger partial charge in [0.2, 0.25) is 5.88 Å². The summed E-state index contributed by atoms with van der Waals surface area (Å²) in [6.07, 6.45) is 5.95. The molecule has 5 rings (SSSR count). The highest BCUT2D eigenvalue weighted by molar-refractivity contribution is 5.95. The zero-order valence-electron chi connectivity index (χ0n) is 15.2. The summed E-state index contributed by atoms with van der Waals surface area (Å²) in [7, 11) is 1.59. The molecule has 0 spiro atoms. The fourth-order valence-electron chi connectivity index (χ4n) is 3.57. The van der Waals surface area contributed by atoms with Crippen molar-refractivity contribution in [1.82, 2.24) is 29.7 Å². The maximum absolute atomic E-state index is 12.7. The van der Waals surface area contributed by atoms with Crippen LogP contribution in [0.5, 0.6) is 5.88 Å². The first-order chi connectivity index (χ1) is 13.7. The molecule has 1 aliphatic rings. The molecule has 28 heavy (non-hydrogen) atoms. The molecule has 1 unspecified atom stereocenters. The highest BCUT2D eigenvalue weighted by atomic mass is 16.5. The predicted molar refractivity (Wildman–Crippen MR) is 102 cm³/mol. The van der Waals surface area contributed by atoms with E-state index < -0.39 is 0 Å². The lowest BCUT2D eigenvalue weighted by Gasteiger charge is -2.10. The van der Waals surface area contributed by atoms with Crippen LogP contribution in [0.2, 0.25) is 0 Å². The summed E-state index contributed by atoms with van der Waals surface area (Å²) in [6, 6.07) is 11.3. The normalized spacial score (nSPS) is 15.5. The van der Waals surface area contributed by atoms with E-state index in [1.807, 2.05) is 41.1 Å². The van der Waals surface area contributed by atoms with Crippen LogP contribution in [0.15, 0.2) is 55.0 Å². The van der Waals surface area contributed by atoms with Crippen molar-refractivity contribution in [3.8, 4) is 17.1 Å². The van der Waals surface area contributed by atoms with E-state index >= 15 is 0 Å². The first-order valence-electron chi connectivity index (χ1n) is 9.04. The molecule has 0 aromatic carbocycles. The van der Waals surface area contributed by atoms with Crippen molar-refractivity contribution in [2.24, 2.45) is 0 Å². The molecule has 1 N–H and O–H groups in total. The molecule has 140 valence electrons. The van der Waals surface area contributed by atoms with Crippen LogP contribution in [0.25, 0.3) is 16.8 Å². The first kappa shape index (κ1) is 16.5. The van der Waals surface area contributed by atoms with Crippen molar-refractivity contribution < 1.29 is 9.53 Å². The molecule has 5 heterocycles. The van der Waals surface area contributed by atoms with Gasteiger partial charge in [-0.3, -0.25) is 9.48 Å². The van der Waals surface area contributed by atoms with E-state index in [0.29, 0.717) is 11.4 Å². The zero-order chi connectivity index (χ0) is 19.1. The predicted octanol–water partition coefficient (Wildman–Crippen LogP) is 2.48. The number of aromatic nitrogens is 5. The number of pyridine rings is 1. The topological polar surface area (TPSA) is 86.3 Å². The molecule has 0 fully saturated rings. The number of rotatable bonds is 4. The third-order valence-electron chi connectivity index (χ3n) is 4.98. The van der Waals surface area contributed by atoms with Crippen LogP contribution < -0.4 is 10.1 Å². The second kappa shape index (κ2) is 6.49. The van der Waals surface area contributed by atoms with E-state index in [1.54, 1.807) is 30.2 Å². The number of amides is 1. The second-order valence-corrected chi connectivity index (χ2v) is 6.70. The van der Waals surface area contributed by atoms with Crippen molar-refractivity contribution in [2.75, 3.05) is 7.11 Å². The Bertz CT molecular complexity index is 1150. The number of fused-ring (bicyclic) bond motifs is 2. The minimum absolute atomic E-state index is 0.0755. The van der Waals surface area contributed by atoms with Crippen LogP contribution in [0.3, 0.4) is 0 Å². The van der Waals surface area contributed by atoms with Gasteiger partial charge in [0.15, 0.2) is 0 Å². The molecular formula is C20H18N6O2. The average molecular weight is 374 g/mol. The molecule has 1 atom stereocenters. The van der Waals surface area contributed by atoms with Crippen molar-refractivity contribution >= 4 is 11.4 Å². The molecule has 0 saturated carbocycles. The second-order valence-electron chi connectivity index (χ2n) is 6.70. The molecule has 4 aromatic rings. The lowest BCUT2D eigenvalue weighted by Crippen LogP contribution is -2.26. The summed E-state index contributed by atoms with van der Waals surface area (Å²) in [5.74, 6) is 0.433. The van der Waals surface area contributed by atoms with Gasteiger partial charge in [-0.15, -0.1) is 0 Å². The Morgan fingerprint density at radius 1 is 1.25 bits per heavy atom. The highest BCUT2D eigenvalue weighted by Gasteiger charge is 2.27. The van der Waals surface area contributed by atoms with E-state index in [0.717, 1.165) is 35.4 Å². The molecule has 0 aliphatic carbocycles. The lowest BCUT2D eigenvalue weighted by molar-refractivity contribution is 0.0936. The average Bonchev–Trinajstić information content (AvgIpc) is 3.43. The SMILES string of the molecule is COc1cc(-c2cc3n(n2)CCC3NC(=O)c2cc3cccnn3c2)ccn1. The molecule has 0 saturated heterocycles. The van der Waals surface area contributed by atoms with Gasteiger partial charge in [-0.25, -0.2) is 9.50 Å². The van der Waals surface area contributed by atoms with Gasteiger partial charge < -0.3 is 10.1 Å². The molecule has 4 aromatic heterocycles. The highest BCUT2D eigenvalue weighted by Crippen LogP contribution is 2.30. The van der Waals surface area contributed by atoms with Gasteiger partial charge in [0.05, 0.1) is 35.6 Å². The van der Waals surface area contributed by atoms with Gasteiger partial charge in [0, 0.05) is 36.8 Å². The van der Waals surface area contributed by atoms with Crippen molar-refractivity contribution in [3.63, 3.8) is 0 Å². The van der Waals surface area contributed by atoms with Gasteiger partial charge in [-0.05, 0) is 36.8 Å². The van der Waals surface area contributed by atoms with Gasteiger partial charge in [-0.1, -0.05) is 0 Å². The quantitative estimate of drug-likeness (QED) is 0.593. The number of nitrogens with zero attached hydrogens (tertiary/aromatic N) is 5. The van der Waals surface area contributed by atoms with Gasteiger partial charge in [0.25, 0.3) is 5.91 Å². The Hall–Kier alpha value is -3.68. The molecule has 8 nitrogen and oxygen atoms in total. The maximum Gasteiger partial charge on any atom is 0.253 e. The van der Waals surface area contributed by atoms with E-state index in [1.165, 1.54) is 0 Å². The summed E-state index contributed by atoms with van der Waals surface area (Å²) in [5, 5.41) is 12.0. The van der Waals surface area contributed by atoms with Crippen LogP contribution >= 0.6 is 0 Å². The summed E-state index contributed by atoms with van der Waals surface area (Å²) in [5.41, 5.74) is 4.26. The molecule has 0 bridgehead atoms. The van der Waals surface area contributed by atoms with Crippen molar-refractivity contribution in [1.29, 1.82) is 0 Å². The summed E-state index contributed by atoms with van der Waals surface area (Å²) < 4.78 is 8.84. The minimum atomic E-state index is -0.114. The smallest absolute Gasteiger partial charge is 0.253 e. The number of carbonyl (C=O) groups is 1. The van der Waals surface area contributed by atoms with Crippen LogP contribution in [-0.2, 0) is 6.54 Å². The molecule has 0 radical (unpaired) electrons. The van der Waals surface area contributed by atoms with Gasteiger partial charge in [-0.2, -0.15) is 10.2 Å². The molecular weight excluding hydrogens is 356 g/mol. The van der Waals surface area contributed by atoms with E-state index in [9.17, 15) is 4.79 Å². The number of hydrogen-bond donors (Lipinski definition) is 1. The van der Waals surface area contributed by atoms with Crippen LogP contribution in [-0.4, -0.2) is 37.4 Å². The number of hydrogen-bond acceptors (Lipinski definition) is 5. The first-order valence-corrected chi connectivity index (χ1v) is 9.04. The molecule has 1 amide bonds. The molecule has 8 heteroatoms. The molecule has 1 aliphatic heterocycles. The number of aryl methyl sites for hydroxylation is 1. The Morgan fingerprint density at radius 2 is 2.18 bits per heavy atom. The van der Waals surface area contributed by atoms with Crippen molar-refractivity contribution in [2.45, 2.75) is 19.0 Å². The number of methoxy groups -OCH3 is 1. The lowest BCUT2D eigenvalue weighted by atomic mass is 10.1. The Labute approximate surface area is 160 Å². The van der Waals surface area contributed by atoms with Crippen LogP contribution in [0.1, 0.15) is 28.5 Å². The fraction of sp³-hybridized carbons (Fsp3) is 0.200. The Balaban J connectivity index is 1.38. The zero-order valence-corrected chi connectivity index (χ0v) is 15.2. The number of ether oxygens (including phenoxy) is 1. The van der Waals surface area contributed by atoms with E-state index in [-0.39, 0.29) is 11.9 Å². The Kier molecular flexibility index (Phi) is 3.82. The van der Waals surface area contributed by atoms with Gasteiger partial charge in [0.1, 0.15) is 0 Å². The Morgan fingerprint density at radius 3 is 3.04 bits per heavy atom. The fourth-order valence-corrected chi connectivity index (χ4v) is 3.57. The standard InChI is InChI=1S/C20H18N6O2/c1-28-19-10-13(4-7-21-19)17-11-18-16(5-8-25(18)24-17)23-20(27)14-9-15-3-2-6-22-26(15)12-14/h2-4,6-7,9-12,16H,5,8H2,1H3,(H,23,27). The van der Waals surface area contributed by atoms with E-state index in [4.69, 9.17) is 4.74 Å². The van der Waals surface area contributed by atoms with Gasteiger partial charge >= 0.3 is 0 Å². The summed E-state index contributed by atoms with van der Waals surface area (Å²) in [6.45, 7) is 0.766. The minimum Gasteiger partial charge on any atom is -0.481 e. The monoisotopic (exact) mass is 374 g/mol. The number of nitrogens with one attached hydrogen (secondary N) is 1. The van der Waals surface area contributed by atoms with Crippen molar-refractivity contribution in [3.05, 3.63) is 66.2 Å². The van der Waals surface area contributed by atoms with Crippen LogP contribution in [0.4, 0.5) is 0 Å². The summed E-state index contributed by atoms with van der Waals surface area (Å²) >= 11 is 0. The largest absolute Gasteiger partial charge is 0.481 e. The third-order valence-corrected chi connectivity index (χ3v) is 4.98.